The lowest BCUT2D eigenvalue weighted by Gasteiger charge is -2.21. The standard InChI is InChI=1S/C15H13BrClFN2S/c1-20(8-9-3-2-4-10(17)7-9)12-6-5-11(15(19)21)13(16)14(12)18/h2-7H,8H2,1H3,(H2,19,21). The van der Waals surface area contributed by atoms with E-state index in [2.05, 4.69) is 15.9 Å². The quantitative estimate of drug-likeness (QED) is 0.783. The molecule has 0 amide bonds. The Balaban J connectivity index is 2.29. The second kappa shape index (κ2) is 6.73. The van der Waals surface area contributed by atoms with Crippen LogP contribution < -0.4 is 10.6 Å². The van der Waals surface area contributed by atoms with E-state index in [4.69, 9.17) is 29.6 Å². The van der Waals surface area contributed by atoms with Crippen LogP contribution in [-0.2, 0) is 6.54 Å². The van der Waals surface area contributed by atoms with Crippen molar-refractivity contribution in [2.24, 2.45) is 5.73 Å². The minimum Gasteiger partial charge on any atom is -0.389 e. The van der Waals surface area contributed by atoms with Crippen LogP contribution in [0.1, 0.15) is 11.1 Å². The molecular weight excluding hydrogens is 375 g/mol. The molecule has 0 saturated heterocycles. The Kier molecular flexibility index (Phi) is 5.19. The number of thiocarbonyl (C=S) groups is 1. The van der Waals surface area contributed by atoms with Crippen molar-refractivity contribution in [3.63, 3.8) is 0 Å². The van der Waals surface area contributed by atoms with Gasteiger partial charge in [0.15, 0.2) is 5.82 Å². The summed E-state index contributed by atoms with van der Waals surface area (Å²) in [6.45, 7) is 0.538. The van der Waals surface area contributed by atoms with E-state index in [0.717, 1.165) is 5.56 Å². The number of nitrogens with two attached hydrogens (primary N) is 1. The maximum Gasteiger partial charge on any atom is 0.161 e. The molecule has 2 aromatic carbocycles. The van der Waals surface area contributed by atoms with Gasteiger partial charge < -0.3 is 10.6 Å². The van der Waals surface area contributed by atoms with Gasteiger partial charge in [0.1, 0.15) is 4.99 Å². The zero-order valence-corrected chi connectivity index (χ0v) is 14.4. The summed E-state index contributed by atoms with van der Waals surface area (Å²) in [7, 11) is 1.81. The number of hydrogen-bond acceptors (Lipinski definition) is 2. The van der Waals surface area contributed by atoms with Gasteiger partial charge in [0.05, 0.1) is 10.2 Å². The average Bonchev–Trinajstić information content (AvgIpc) is 2.41. The summed E-state index contributed by atoms with van der Waals surface area (Å²) >= 11 is 14.1. The summed E-state index contributed by atoms with van der Waals surface area (Å²) in [5.41, 5.74) is 7.50. The highest BCUT2D eigenvalue weighted by molar-refractivity contribution is 9.10. The normalized spacial score (nSPS) is 10.5. The van der Waals surface area contributed by atoms with Gasteiger partial charge in [-0.2, -0.15) is 0 Å². The smallest absolute Gasteiger partial charge is 0.161 e. The van der Waals surface area contributed by atoms with Crippen LogP contribution >= 0.6 is 39.7 Å². The van der Waals surface area contributed by atoms with E-state index in [0.29, 0.717) is 22.8 Å². The van der Waals surface area contributed by atoms with Gasteiger partial charge in [0, 0.05) is 24.2 Å². The van der Waals surface area contributed by atoms with Crippen molar-refractivity contribution >= 4 is 50.4 Å². The van der Waals surface area contributed by atoms with Crippen molar-refractivity contribution < 1.29 is 4.39 Å². The monoisotopic (exact) mass is 386 g/mol. The number of rotatable bonds is 4. The Morgan fingerprint density at radius 1 is 1.38 bits per heavy atom. The molecule has 0 spiro atoms. The van der Waals surface area contributed by atoms with Crippen molar-refractivity contribution in [2.45, 2.75) is 6.54 Å². The fourth-order valence-corrected chi connectivity index (χ4v) is 3.08. The summed E-state index contributed by atoms with van der Waals surface area (Å²) in [5.74, 6) is -0.384. The lowest BCUT2D eigenvalue weighted by molar-refractivity contribution is 0.615. The third-order valence-corrected chi connectivity index (χ3v) is 4.28. The molecular formula is C15H13BrClFN2S. The highest BCUT2D eigenvalue weighted by Gasteiger charge is 2.15. The van der Waals surface area contributed by atoms with Gasteiger partial charge in [-0.3, -0.25) is 0 Å². The van der Waals surface area contributed by atoms with Crippen LogP contribution in [0, 0.1) is 5.82 Å². The van der Waals surface area contributed by atoms with Gasteiger partial charge in [-0.25, -0.2) is 4.39 Å². The van der Waals surface area contributed by atoms with Crippen molar-refractivity contribution in [3.8, 4) is 0 Å². The van der Waals surface area contributed by atoms with Crippen LogP contribution in [-0.4, -0.2) is 12.0 Å². The molecule has 0 unspecified atom stereocenters. The zero-order valence-electron chi connectivity index (χ0n) is 11.2. The van der Waals surface area contributed by atoms with E-state index in [1.807, 2.05) is 25.2 Å². The molecule has 0 bridgehead atoms. The summed E-state index contributed by atoms with van der Waals surface area (Å²) < 4.78 is 14.7. The van der Waals surface area contributed by atoms with E-state index in [-0.39, 0.29) is 15.3 Å². The fraction of sp³-hybridized carbons (Fsp3) is 0.133. The van der Waals surface area contributed by atoms with Crippen LogP contribution in [0.3, 0.4) is 0 Å². The van der Waals surface area contributed by atoms with Gasteiger partial charge in [-0.05, 0) is 45.8 Å². The van der Waals surface area contributed by atoms with Crippen LogP contribution in [0.15, 0.2) is 40.9 Å². The Labute approximate surface area is 141 Å². The first kappa shape index (κ1) is 16.2. The van der Waals surface area contributed by atoms with Gasteiger partial charge in [-0.15, -0.1) is 0 Å². The Morgan fingerprint density at radius 2 is 2.10 bits per heavy atom. The first-order valence-electron chi connectivity index (χ1n) is 6.13. The summed E-state index contributed by atoms with van der Waals surface area (Å²) in [4.78, 5) is 1.96. The molecule has 2 rings (SSSR count). The second-order valence-electron chi connectivity index (χ2n) is 4.61. The molecule has 0 aliphatic heterocycles. The molecule has 0 radical (unpaired) electrons. The van der Waals surface area contributed by atoms with E-state index in [1.54, 1.807) is 23.1 Å². The number of halogens is 3. The first-order valence-corrected chi connectivity index (χ1v) is 7.71. The minimum absolute atomic E-state index is 0.157. The van der Waals surface area contributed by atoms with Crippen molar-refractivity contribution in [1.82, 2.24) is 0 Å². The van der Waals surface area contributed by atoms with Gasteiger partial charge in [-0.1, -0.05) is 36.0 Å². The molecule has 21 heavy (non-hydrogen) atoms. The molecule has 0 aromatic heterocycles. The minimum atomic E-state index is -0.384. The van der Waals surface area contributed by atoms with E-state index in [9.17, 15) is 4.39 Å². The Bertz CT molecular complexity index is 693. The average molecular weight is 388 g/mol. The van der Waals surface area contributed by atoms with Crippen molar-refractivity contribution in [1.29, 1.82) is 0 Å². The third kappa shape index (κ3) is 3.73. The first-order chi connectivity index (χ1) is 9.90. The van der Waals surface area contributed by atoms with E-state index >= 15 is 0 Å². The summed E-state index contributed by atoms with van der Waals surface area (Å²) in [5, 5.41) is 0.659. The summed E-state index contributed by atoms with van der Waals surface area (Å²) in [6.07, 6.45) is 0. The van der Waals surface area contributed by atoms with Gasteiger partial charge in [0.25, 0.3) is 0 Å². The maximum absolute atomic E-state index is 14.4. The second-order valence-corrected chi connectivity index (χ2v) is 6.28. The predicted molar refractivity (Wildman–Crippen MR) is 93.5 cm³/mol. The third-order valence-electron chi connectivity index (χ3n) is 3.05. The van der Waals surface area contributed by atoms with Crippen molar-refractivity contribution in [2.75, 3.05) is 11.9 Å². The highest BCUT2D eigenvalue weighted by Crippen LogP contribution is 2.30. The molecule has 2 nitrogen and oxygen atoms in total. The molecule has 0 aliphatic carbocycles. The molecule has 2 aromatic rings. The number of anilines is 1. The fourth-order valence-electron chi connectivity index (χ4n) is 2.02. The molecule has 0 heterocycles. The van der Waals surface area contributed by atoms with E-state index < -0.39 is 0 Å². The van der Waals surface area contributed by atoms with Gasteiger partial charge in [0.2, 0.25) is 0 Å². The summed E-state index contributed by atoms with van der Waals surface area (Å²) in [6, 6.07) is 10.8. The van der Waals surface area contributed by atoms with Crippen LogP contribution in [0.2, 0.25) is 5.02 Å². The molecule has 0 atom stereocenters. The largest absolute Gasteiger partial charge is 0.389 e. The van der Waals surface area contributed by atoms with Gasteiger partial charge >= 0.3 is 0 Å². The molecule has 0 saturated carbocycles. The molecule has 110 valence electrons. The molecule has 0 aliphatic rings. The molecule has 6 heteroatoms. The number of nitrogens with zero attached hydrogens (tertiary/aromatic N) is 1. The van der Waals surface area contributed by atoms with E-state index in [1.165, 1.54) is 0 Å². The van der Waals surface area contributed by atoms with Crippen LogP contribution in [0.4, 0.5) is 10.1 Å². The molecule has 0 fully saturated rings. The number of hydrogen-bond donors (Lipinski definition) is 1. The predicted octanol–water partition coefficient (Wildman–Crippen LogP) is 4.51. The lowest BCUT2D eigenvalue weighted by Crippen LogP contribution is -2.19. The van der Waals surface area contributed by atoms with Crippen molar-refractivity contribution in [3.05, 3.63) is 62.8 Å². The SMILES string of the molecule is CN(Cc1cccc(Cl)c1)c1ccc(C(N)=S)c(Br)c1F. The highest BCUT2D eigenvalue weighted by atomic mass is 79.9. The zero-order chi connectivity index (χ0) is 15.6. The Morgan fingerprint density at radius 3 is 2.71 bits per heavy atom. The lowest BCUT2D eigenvalue weighted by atomic mass is 10.1. The molecule has 2 N–H and O–H groups in total. The Hall–Kier alpha value is -1.17. The number of benzene rings is 2. The van der Waals surface area contributed by atoms with Crippen LogP contribution in [0.5, 0.6) is 0 Å². The van der Waals surface area contributed by atoms with Crippen LogP contribution in [0.25, 0.3) is 0 Å². The topological polar surface area (TPSA) is 29.3 Å². The maximum atomic E-state index is 14.4.